The van der Waals surface area contributed by atoms with Crippen LogP contribution in [0.1, 0.15) is 40.4 Å². The third-order valence-electron chi connectivity index (χ3n) is 4.90. The van der Waals surface area contributed by atoms with Gasteiger partial charge >= 0.3 is 0 Å². The van der Waals surface area contributed by atoms with Crippen LogP contribution < -0.4 is 15.0 Å². The van der Waals surface area contributed by atoms with E-state index in [1.165, 1.54) is 0 Å². The molecule has 29 heavy (non-hydrogen) atoms. The van der Waals surface area contributed by atoms with Gasteiger partial charge in [-0.25, -0.2) is 0 Å². The van der Waals surface area contributed by atoms with E-state index in [2.05, 4.69) is 5.32 Å². The average molecular weight is 390 g/mol. The Morgan fingerprint density at radius 3 is 2.72 bits per heavy atom. The van der Waals surface area contributed by atoms with Crippen LogP contribution in [0.5, 0.6) is 5.75 Å². The lowest BCUT2D eigenvalue weighted by Crippen LogP contribution is -2.38. The van der Waals surface area contributed by atoms with Gasteiger partial charge in [-0.1, -0.05) is 36.4 Å². The Balaban J connectivity index is 1.48. The Labute approximate surface area is 169 Å². The summed E-state index contributed by atoms with van der Waals surface area (Å²) >= 11 is 0. The lowest BCUT2D eigenvalue weighted by atomic mass is 10.1. The third kappa shape index (κ3) is 4.01. The summed E-state index contributed by atoms with van der Waals surface area (Å²) in [5.74, 6) is 0.968. The van der Waals surface area contributed by atoms with Crippen LogP contribution in [0.15, 0.2) is 65.1 Å². The highest BCUT2D eigenvalue weighted by Crippen LogP contribution is 2.34. The van der Waals surface area contributed by atoms with E-state index in [4.69, 9.17) is 9.15 Å². The minimum Gasteiger partial charge on any atom is -0.482 e. The number of furan rings is 1. The number of carbonyl (C=O) groups is 2. The Hall–Kier alpha value is -3.54. The van der Waals surface area contributed by atoms with E-state index >= 15 is 0 Å². The van der Waals surface area contributed by atoms with Crippen LogP contribution >= 0.6 is 0 Å². The van der Waals surface area contributed by atoms with Gasteiger partial charge in [-0.05, 0) is 49.2 Å². The number of fused-ring (bicyclic) bond motifs is 1. The number of nitrogens with zero attached hydrogens (tertiary/aromatic N) is 1. The van der Waals surface area contributed by atoms with Crippen molar-refractivity contribution in [3.05, 3.63) is 83.3 Å². The fourth-order valence-electron chi connectivity index (χ4n) is 3.32. The second-order valence-electron chi connectivity index (χ2n) is 7.11. The molecule has 0 fully saturated rings. The SMILES string of the molecule is Cc1ccc2c(c1)N(Cc1ccc(C(=O)N[C@H](C)c3ccccc3)o1)C(=O)CO2. The third-order valence-corrected chi connectivity index (χ3v) is 4.90. The smallest absolute Gasteiger partial charge is 0.287 e. The fourth-order valence-corrected chi connectivity index (χ4v) is 3.32. The first kappa shape index (κ1) is 18.8. The van der Waals surface area contributed by atoms with Gasteiger partial charge in [-0.3, -0.25) is 14.5 Å². The van der Waals surface area contributed by atoms with Crippen molar-refractivity contribution in [1.29, 1.82) is 0 Å². The average Bonchev–Trinajstić information content (AvgIpc) is 3.20. The number of rotatable bonds is 5. The molecule has 1 aromatic heterocycles. The highest BCUT2D eigenvalue weighted by Gasteiger charge is 2.27. The molecule has 1 atom stereocenters. The molecule has 0 bridgehead atoms. The molecule has 1 N–H and O–H groups in total. The van der Waals surface area contributed by atoms with Crippen molar-refractivity contribution in [2.75, 3.05) is 11.5 Å². The van der Waals surface area contributed by atoms with Crippen molar-refractivity contribution in [1.82, 2.24) is 5.32 Å². The first-order valence-corrected chi connectivity index (χ1v) is 9.49. The van der Waals surface area contributed by atoms with Gasteiger partial charge in [0.1, 0.15) is 11.5 Å². The minimum atomic E-state index is -0.294. The highest BCUT2D eigenvalue weighted by molar-refractivity contribution is 5.97. The van der Waals surface area contributed by atoms with Crippen molar-refractivity contribution >= 4 is 17.5 Å². The number of anilines is 1. The van der Waals surface area contributed by atoms with Gasteiger partial charge in [-0.2, -0.15) is 0 Å². The molecule has 0 spiro atoms. The topological polar surface area (TPSA) is 71.8 Å². The van der Waals surface area contributed by atoms with Crippen molar-refractivity contribution in [2.45, 2.75) is 26.4 Å². The number of ether oxygens (including phenoxy) is 1. The lowest BCUT2D eigenvalue weighted by molar-refractivity contribution is -0.121. The molecule has 2 aromatic carbocycles. The zero-order valence-electron chi connectivity index (χ0n) is 16.3. The molecule has 0 saturated carbocycles. The largest absolute Gasteiger partial charge is 0.482 e. The Morgan fingerprint density at radius 2 is 1.93 bits per heavy atom. The lowest BCUT2D eigenvalue weighted by Gasteiger charge is -2.29. The zero-order chi connectivity index (χ0) is 20.4. The number of amides is 2. The summed E-state index contributed by atoms with van der Waals surface area (Å²) < 4.78 is 11.2. The number of nitrogens with one attached hydrogen (secondary N) is 1. The molecule has 0 unspecified atom stereocenters. The molecular weight excluding hydrogens is 368 g/mol. The molecular formula is C23H22N2O4. The molecule has 0 radical (unpaired) electrons. The predicted octanol–water partition coefficient (Wildman–Crippen LogP) is 4.00. The van der Waals surface area contributed by atoms with Crippen molar-refractivity contribution < 1.29 is 18.7 Å². The molecule has 1 aliphatic rings. The Kier molecular flexibility index (Phi) is 5.08. The first-order valence-electron chi connectivity index (χ1n) is 9.49. The molecule has 2 heterocycles. The maximum atomic E-state index is 12.5. The van der Waals surface area contributed by atoms with Gasteiger partial charge in [-0.15, -0.1) is 0 Å². The number of carbonyl (C=O) groups excluding carboxylic acids is 2. The van der Waals surface area contributed by atoms with E-state index in [1.807, 2.05) is 62.4 Å². The van der Waals surface area contributed by atoms with Crippen molar-refractivity contribution in [2.24, 2.45) is 0 Å². The normalized spacial score (nSPS) is 14.1. The molecule has 0 aliphatic carbocycles. The van der Waals surface area contributed by atoms with Crippen LogP contribution in [-0.2, 0) is 11.3 Å². The number of hydrogen-bond acceptors (Lipinski definition) is 4. The summed E-state index contributed by atoms with van der Waals surface area (Å²) in [7, 11) is 0. The quantitative estimate of drug-likeness (QED) is 0.715. The van der Waals surface area contributed by atoms with Crippen molar-refractivity contribution in [3.63, 3.8) is 0 Å². The van der Waals surface area contributed by atoms with Crippen LogP contribution in [0.3, 0.4) is 0 Å². The maximum absolute atomic E-state index is 12.5. The zero-order valence-corrected chi connectivity index (χ0v) is 16.3. The molecule has 6 nitrogen and oxygen atoms in total. The maximum Gasteiger partial charge on any atom is 0.287 e. The van der Waals surface area contributed by atoms with E-state index in [9.17, 15) is 9.59 Å². The molecule has 148 valence electrons. The minimum absolute atomic E-state index is 0.0152. The summed E-state index contributed by atoms with van der Waals surface area (Å²) in [6.07, 6.45) is 0. The van der Waals surface area contributed by atoms with Crippen LogP contribution in [0.25, 0.3) is 0 Å². The molecule has 2 amide bonds. The Morgan fingerprint density at radius 1 is 1.14 bits per heavy atom. The van der Waals surface area contributed by atoms with Crippen LogP contribution in [0.2, 0.25) is 0 Å². The van der Waals surface area contributed by atoms with Gasteiger partial charge in [0.05, 0.1) is 18.3 Å². The fraction of sp³-hybridized carbons (Fsp3) is 0.217. The standard InChI is InChI=1S/C23H22N2O4/c1-15-8-10-20-19(12-15)25(22(26)14-28-20)13-18-9-11-21(29-18)23(27)24-16(2)17-6-4-3-5-7-17/h3-12,16H,13-14H2,1-2H3,(H,24,27)/t16-/m1/s1. The molecule has 1 aliphatic heterocycles. The summed E-state index contributed by atoms with van der Waals surface area (Å²) in [6, 6.07) is 18.6. The van der Waals surface area contributed by atoms with Crippen LogP contribution in [-0.4, -0.2) is 18.4 Å². The van der Waals surface area contributed by atoms with Crippen LogP contribution in [0, 0.1) is 6.92 Å². The molecule has 4 rings (SSSR count). The summed E-state index contributed by atoms with van der Waals surface area (Å²) in [6.45, 7) is 4.10. The van der Waals surface area contributed by atoms with Gasteiger partial charge in [0.15, 0.2) is 12.4 Å². The molecule has 3 aromatic rings. The van der Waals surface area contributed by atoms with E-state index in [0.717, 1.165) is 11.1 Å². The van der Waals surface area contributed by atoms with Gasteiger partial charge < -0.3 is 14.5 Å². The first-order chi connectivity index (χ1) is 14.0. The summed E-state index contributed by atoms with van der Waals surface area (Å²) in [4.78, 5) is 26.6. The van der Waals surface area contributed by atoms with Gasteiger partial charge in [0.2, 0.25) is 0 Å². The van der Waals surface area contributed by atoms with E-state index in [1.54, 1.807) is 17.0 Å². The Bertz CT molecular complexity index is 1040. The summed E-state index contributed by atoms with van der Waals surface area (Å²) in [5.41, 5.74) is 2.75. The monoisotopic (exact) mass is 390 g/mol. The molecule has 0 saturated heterocycles. The second kappa shape index (κ2) is 7.83. The highest BCUT2D eigenvalue weighted by atomic mass is 16.5. The number of benzene rings is 2. The van der Waals surface area contributed by atoms with E-state index in [-0.39, 0.29) is 36.8 Å². The predicted molar refractivity (Wildman–Crippen MR) is 109 cm³/mol. The number of hydrogen-bond donors (Lipinski definition) is 1. The molecule has 6 heteroatoms. The van der Waals surface area contributed by atoms with E-state index < -0.39 is 0 Å². The van der Waals surface area contributed by atoms with Crippen LogP contribution in [0.4, 0.5) is 5.69 Å². The van der Waals surface area contributed by atoms with Gasteiger partial charge in [0.25, 0.3) is 11.8 Å². The van der Waals surface area contributed by atoms with Gasteiger partial charge in [0, 0.05) is 0 Å². The van der Waals surface area contributed by atoms with E-state index in [0.29, 0.717) is 17.2 Å². The second-order valence-corrected chi connectivity index (χ2v) is 7.11. The van der Waals surface area contributed by atoms with Crippen molar-refractivity contribution in [3.8, 4) is 5.75 Å². The number of aryl methyl sites for hydroxylation is 1. The summed E-state index contributed by atoms with van der Waals surface area (Å²) in [5, 5.41) is 2.93.